The van der Waals surface area contributed by atoms with Crippen molar-refractivity contribution in [1.29, 1.82) is 0 Å². The first-order chi connectivity index (χ1) is 10.8. The first kappa shape index (κ1) is 16.4. The van der Waals surface area contributed by atoms with Gasteiger partial charge in [-0.1, -0.05) is 11.2 Å². The van der Waals surface area contributed by atoms with Crippen LogP contribution in [0.1, 0.15) is 31.7 Å². The van der Waals surface area contributed by atoms with Gasteiger partial charge in [-0.25, -0.2) is 0 Å². The minimum atomic E-state index is -4.65. The van der Waals surface area contributed by atoms with Crippen molar-refractivity contribution in [1.82, 2.24) is 15.0 Å². The molecule has 23 heavy (non-hydrogen) atoms. The monoisotopic (exact) mass is 347 g/mol. The normalized spacial score (nSPS) is 24.7. The van der Waals surface area contributed by atoms with Crippen LogP contribution in [0.25, 0.3) is 10.7 Å². The molecule has 0 radical (unpaired) electrons. The van der Waals surface area contributed by atoms with Gasteiger partial charge in [0.1, 0.15) is 0 Å². The van der Waals surface area contributed by atoms with Crippen molar-refractivity contribution in [3.8, 4) is 10.7 Å². The van der Waals surface area contributed by atoms with Crippen LogP contribution in [-0.2, 0) is 0 Å². The van der Waals surface area contributed by atoms with Crippen molar-refractivity contribution >= 4 is 11.3 Å². The van der Waals surface area contributed by atoms with Gasteiger partial charge in [0.25, 0.3) is 0 Å². The number of hydrogen-bond acceptors (Lipinski definition) is 6. The fraction of sp³-hybridized carbons (Fsp3) is 0.571. The summed E-state index contributed by atoms with van der Waals surface area (Å²) >= 11 is 1.45. The highest BCUT2D eigenvalue weighted by molar-refractivity contribution is 7.13. The molecule has 0 amide bonds. The molecule has 5 nitrogen and oxygen atoms in total. The highest BCUT2D eigenvalue weighted by Crippen LogP contribution is 2.39. The number of hydrogen-bond donors (Lipinski definition) is 1. The molecule has 0 spiro atoms. The summed E-state index contributed by atoms with van der Waals surface area (Å²) < 4.78 is 44.3. The van der Waals surface area contributed by atoms with Gasteiger partial charge in [-0.3, -0.25) is 4.90 Å². The van der Waals surface area contributed by atoms with E-state index in [0.29, 0.717) is 12.4 Å². The van der Waals surface area contributed by atoms with E-state index in [2.05, 4.69) is 10.1 Å². The number of likely N-dealkylation sites (tertiary alicyclic amines) is 1. The second-order valence-corrected chi connectivity index (χ2v) is 6.66. The Morgan fingerprint density at radius 1 is 1.48 bits per heavy atom. The Morgan fingerprint density at radius 3 is 2.91 bits per heavy atom. The summed E-state index contributed by atoms with van der Waals surface area (Å²) in [4.78, 5) is 6.63. The molecule has 0 aliphatic carbocycles. The second-order valence-electron chi connectivity index (χ2n) is 5.71. The third-order valence-corrected chi connectivity index (χ3v) is 4.98. The standard InChI is InChI=1S/C14H16F3N3O2S/c1-9(12-18-11(19-22-12)10-4-2-7-23-10)20-6-3-5-13(21,8-20)14(15,16)17/h2,4,7,9,21H,3,5-6,8H2,1H3/t9-,13-/m1/s1. The zero-order valence-electron chi connectivity index (χ0n) is 12.4. The van der Waals surface area contributed by atoms with Gasteiger partial charge < -0.3 is 9.63 Å². The van der Waals surface area contributed by atoms with Crippen LogP contribution >= 0.6 is 11.3 Å². The second kappa shape index (κ2) is 5.88. The number of thiophene rings is 1. The summed E-state index contributed by atoms with van der Waals surface area (Å²) in [7, 11) is 0. The van der Waals surface area contributed by atoms with E-state index in [1.54, 1.807) is 6.92 Å². The largest absolute Gasteiger partial charge is 0.418 e. The van der Waals surface area contributed by atoms with E-state index in [9.17, 15) is 18.3 Å². The van der Waals surface area contributed by atoms with Gasteiger partial charge in [0.2, 0.25) is 11.7 Å². The molecule has 126 valence electrons. The lowest BCUT2D eigenvalue weighted by Gasteiger charge is -2.41. The molecule has 2 aromatic rings. The summed E-state index contributed by atoms with van der Waals surface area (Å²) in [5.74, 6) is 0.671. The van der Waals surface area contributed by atoms with E-state index in [1.807, 2.05) is 17.5 Å². The van der Waals surface area contributed by atoms with Crippen LogP contribution in [0.3, 0.4) is 0 Å². The number of rotatable bonds is 3. The Balaban J connectivity index is 1.76. The lowest BCUT2D eigenvalue weighted by atomic mass is 9.91. The summed E-state index contributed by atoms with van der Waals surface area (Å²) in [6.45, 7) is 1.65. The highest BCUT2D eigenvalue weighted by Gasteiger charge is 2.55. The number of halogens is 3. The first-order valence-electron chi connectivity index (χ1n) is 7.21. The van der Waals surface area contributed by atoms with Gasteiger partial charge in [0.05, 0.1) is 10.9 Å². The lowest BCUT2D eigenvalue weighted by molar-refractivity contribution is -0.276. The lowest BCUT2D eigenvalue weighted by Crippen LogP contribution is -2.57. The molecule has 2 atom stereocenters. The van der Waals surface area contributed by atoms with Crippen molar-refractivity contribution in [2.24, 2.45) is 0 Å². The van der Waals surface area contributed by atoms with Crippen LogP contribution in [0, 0.1) is 0 Å². The number of aliphatic hydroxyl groups is 1. The molecule has 0 unspecified atom stereocenters. The highest BCUT2D eigenvalue weighted by atomic mass is 32.1. The SMILES string of the molecule is C[C@H](c1nc(-c2cccs2)no1)N1CCC[C@](O)(C(F)(F)F)C1. The molecule has 3 rings (SSSR count). The van der Waals surface area contributed by atoms with Crippen LogP contribution in [0.15, 0.2) is 22.0 Å². The summed E-state index contributed by atoms with van der Waals surface area (Å²) in [5, 5.41) is 15.6. The number of aromatic nitrogens is 2. The fourth-order valence-electron chi connectivity index (χ4n) is 2.70. The van der Waals surface area contributed by atoms with Crippen LogP contribution in [-0.4, -0.2) is 45.0 Å². The predicted molar refractivity (Wildman–Crippen MR) is 77.8 cm³/mol. The molecule has 1 aliphatic rings. The van der Waals surface area contributed by atoms with Gasteiger partial charge in [-0.15, -0.1) is 11.3 Å². The smallest absolute Gasteiger partial charge is 0.379 e. The molecule has 0 aromatic carbocycles. The summed E-state index contributed by atoms with van der Waals surface area (Å²) in [6.07, 6.45) is -4.68. The predicted octanol–water partition coefficient (Wildman–Crippen LogP) is 3.25. The number of piperidine rings is 1. The molecule has 3 heterocycles. The van der Waals surface area contributed by atoms with Crippen LogP contribution in [0.5, 0.6) is 0 Å². The fourth-order valence-corrected chi connectivity index (χ4v) is 3.35. The summed E-state index contributed by atoms with van der Waals surface area (Å²) in [6, 6.07) is 3.20. The Hall–Kier alpha value is -1.45. The molecule has 2 aromatic heterocycles. The van der Waals surface area contributed by atoms with E-state index in [1.165, 1.54) is 16.2 Å². The molecule has 9 heteroatoms. The van der Waals surface area contributed by atoms with Crippen LogP contribution in [0.4, 0.5) is 13.2 Å². The maximum atomic E-state index is 13.0. The zero-order chi connectivity index (χ0) is 16.7. The van der Waals surface area contributed by atoms with Crippen molar-refractivity contribution in [3.05, 3.63) is 23.4 Å². The van der Waals surface area contributed by atoms with Gasteiger partial charge in [-0.2, -0.15) is 18.2 Å². The van der Waals surface area contributed by atoms with Crippen molar-refractivity contribution in [2.75, 3.05) is 13.1 Å². The van der Waals surface area contributed by atoms with Gasteiger partial charge >= 0.3 is 6.18 Å². The van der Waals surface area contributed by atoms with Crippen molar-refractivity contribution < 1.29 is 22.8 Å². The van der Waals surface area contributed by atoms with E-state index >= 15 is 0 Å². The zero-order valence-corrected chi connectivity index (χ0v) is 13.2. The molecular formula is C14H16F3N3O2S. The van der Waals surface area contributed by atoms with Gasteiger partial charge in [0.15, 0.2) is 5.60 Å². The minimum absolute atomic E-state index is 0.250. The Labute approximate surface area is 134 Å². The number of nitrogens with zero attached hydrogens (tertiary/aromatic N) is 3. The Bertz CT molecular complexity index is 659. The first-order valence-corrected chi connectivity index (χ1v) is 8.09. The summed E-state index contributed by atoms with van der Waals surface area (Å²) in [5.41, 5.74) is -2.68. The van der Waals surface area contributed by atoms with E-state index in [4.69, 9.17) is 4.52 Å². The maximum Gasteiger partial charge on any atom is 0.418 e. The maximum absolute atomic E-state index is 13.0. The molecule has 1 fully saturated rings. The third kappa shape index (κ3) is 3.13. The quantitative estimate of drug-likeness (QED) is 0.923. The third-order valence-electron chi connectivity index (χ3n) is 4.12. The van der Waals surface area contributed by atoms with E-state index in [0.717, 1.165) is 4.88 Å². The van der Waals surface area contributed by atoms with Gasteiger partial charge in [0, 0.05) is 6.54 Å². The molecule has 0 bridgehead atoms. The van der Waals surface area contributed by atoms with E-state index < -0.39 is 24.4 Å². The molecule has 1 aliphatic heterocycles. The Morgan fingerprint density at radius 2 is 2.26 bits per heavy atom. The average molecular weight is 347 g/mol. The molecule has 0 saturated carbocycles. The number of β-amino-alcohol motifs (C(OH)–C–C–N with tert-alkyl or cyclic N) is 1. The molecule has 1 saturated heterocycles. The minimum Gasteiger partial charge on any atom is -0.379 e. The average Bonchev–Trinajstić information content (AvgIpc) is 3.16. The van der Waals surface area contributed by atoms with Crippen molar-refractivity contribution in [2.45, 2.75) is 37.6 Å². The molecule has 1 N–H and O–H groups in total. The Kier molecular flexibility index (Phi) is 4.19. The molecular weight excluding hydrogens is 331 g/mol. The van der Waals surface area contributed by atoms with Crippen LogP contribution < -0.4 is 0 Å². The van der Waals surface area contributed by atoms with Crippen LogP contribution in [0.2, 0.25) is 0 Å². The topological polar surface area (TPSA) is 62.4 Å². The van der Waals surface area contributed by atoms with Crippen molar-refractivity contribution in [3.63, 3.8) is 0 Å². The van der Waals surface area contributed by atoms with E-state index in [-0.39, 0.29) is 18.7 Å². The number of alkyl halides is 3. The van der Waals surface area contributed by atoms with Gasteiger partial charge in [-0.05, 0) is 37.8 Å².